The maximum atomic E-state index is 12.6. The van der Waals surface area contributed by atoms with Crippen LogP contribution in [-0.4, -0.2) is 28.7 Å². The lowest BCUT2D eigenvalue weighted by Gasteiger charge is -2.28. The summed E-state index contributed by atoms with van der Waals surface area (Å²) in [6.45, 7) is 0. The molecule has 1 aliphatic heterocycles. The van der Waals surface area contributed by atoms with Gasteiger partial charge in [0.25, 0.3) is 11.5 Å². The summed E-state index contributed by atoms with van der Waals surface area (Å²) in [4.78, 5) is 32.4. The molecule has 6 nitrogen and oxygen atoms in total. The Kier molecular flexibility index (Phi) is 6.86. The highest BCUT2D eigenvalue weighted by Gasteiger charge is 2.26. The molecule has 1 saturated carbocycles. The zero-order chi connectivity index (χ0) is 24.2. The molecule has 1 aliphatic carbocycles. The third-order valence-electron chi connectivity index (χ3n) is 6.45. The first kappa shape index (κ1) is 23.2. The van der Waals surface area contributed by atoms with Crippen molar-refractivity contribution in [3.8, 4) is 22.7 Å². The Morgan fingerprint density at radius 2 is 2.00 bits per heavy atom. The highest BCUT2D eigenvalue weighted by molar-refractivity contribution is 8.02. The standard InChI is InChI=1S/C24H21N3O3.C4H6S/c1-25-22(28)18-12-16-10-11-17(14-8-5-9-14)20(21(16)27-23(18)29)19-13-30-24(26-19)15-6-3-2-4-7-15;1-2-4-5-3-1/h2-4,6-7,10-14H,5,8-9H2,1H3,(H,25,28)(H,27,29);1,3H,2,4H2. The second kappa shape index (κ2) is 10.4. The van der Waals surface area contributed by atoms with Crippen LogP contribution < -0.4 is 10.9 Å². The second-order valence-electron chi connectivity index (χ2n) is 8.65. The molecule has 2 aromatic heterocycles. The first-order valence-electron chi connectivity index (χ1n) is 11.9. The maximum absolute atomic E-state index is 12.6. The van der Waals surface area contributed by atoms with Crippen LogP contribution in [0.25, 0.3) is 33.6 Å². The van der Waals surface area contributed by atoms with E-state index in [2.05, 4.69) is 27.9 Å². The lowest BCUT2D eigenvalue weighted by molar-refractivity contribution is 0.0961. The van der Waals surface area contributed by atoms with E-state index in [9.17, 15) is 9.59 Å². The van der Waals surface area contributed by atoms with Crippen LogP contribution >= 0.6 is 11.8 Å². The number of hydrogen-bond donors (Lipinski definition) is 2. The summed E-state index contributed by atoms with van der Waals surface area (Å²) >= 11 is 1.89. The Balaban J connectivity index is 0.000000453. The quantitative estimate of drug-likeness (QED) is 0.364. The van der Waals surface area contributed by atoms with Crippen molar-refractivity contribution in [2.75, 3.05) is 12.8 Å². The van der Waals surface area contributed by atoms with Crippen molar-refractivity contribution in [1.82, 2.24) is 15.3 Å². The first-order valence-corrected chi connectivity index (χ1v) is 12.9. The number of nitrogens with zero attached hydrogens (tertiary/aromatic N) is 1. The van der Waals surface area contributed by atoms with Gasteiger partial charge in [0.15, 0.2) is 0 Å². The van der Waals surface area contributed by atoms with Gasteiger partial charge in [-0.3, -0.25) is 9.59 Å². The summed E-state index contributed by atoms with van der Waals surface area (Å²) in [5.74, 6) is 1.87. The maximum Gasteiger partial charge on any atom is 0.261 e. The van der Waals surface area contributed by atoms with Crippen LogP contribution in [0.2, 0.25) is 0 Å². The minimum atomic E-state index is -0.416. The molecule has 7 heteroatoms. The van der Waals surface area contributed by atoms with Crippen LogP contribution in [-0.2, 0) is 0 Å². The Labute approximate surface area is 207 Å². The molecule has 1 amide bonds. The molecule has 4 aromatic rings. The molecule has 2 aromatic carbocycles. The molecule has 0 atom stereocenters. The van der Waals surface area contributed by atoms with E-state index >= 15 is 0 Å². The second-order valence-corrected chi connectivity index (χ2v) is 9.66. The number of oxazole rings is 1. The summed E-state index contributed by atoms with van der Waals surface area (Å²) < 4.78 is 5.78. The van der Waals surface area contributed by atoms with E-state index in [0.717, 1.165) is 34.9 Å². The van der Waals surface area contributed by atoms with Gasteiger partial charge in [-0.1, -0.05) is 42.8 Å². The molecule has 6 rings (SSSR count). The van der Waals surface area contributed by atoms with Gasteiger partial charge in [0.05, 0.1) is 5.52 Å². The number of aromatic nitrogens is 2. The molecule has 0 radical (unpaired) electrons. The number of pyridine rings is 1. The minimum Gasteiger partial charge on any atom is -0.444 e. The molecule has 178 valence electrons. The number of H-pyrrole nitrogens is 1. The van der Waals surface area contributed by atoms with E-state index in [0.29, 0.717) is 23.0 Å². The van der Waals surface area contributed by atoms with Crippen molar-refractivity contribution in [2.24, 2.45) is 0 Å². The topological polar surface area (TPSA) is 88.0 Å². The highest BCUT2D eigenvalue weighted by Crippen LogP contribution is 2.43. The Morgan fingerprint density at radius 3 is 2.63 bits per heavy atom. The van der Waals surface area contributed by atoms with Gasteiger partial charge in [-0.25, -0.2) is 4.98 Å². The molecule has 0 unspecified atom stereocenters. The summed E-state index contributed by atoms with van der Waals surface area (Å²) in [7, 11) is 1.51. The Morgan fingerprint density at radius 1 is 1.17 bits per heavy atom. The van der Waals surface area contributed by atoms with Crippen molar-refractivity contribution in [1.29, 1.82) is 0 Å². The smallest absolute Gasteiger partial charge is 0.261 e. The predicted molar refractivity (Wildman–Crippen MR) is 142 cm³/mol. The number of amides is 1. The third-order valence-corrected chi connectivity index (χ3v) is 7.30. The van der Waals surface area contributed by atoms with Crippen molar-refractivity contribution in [2.45, 2.75) is 31.6 Å². The van der Waals surface area contributed by atoms with E-state index in [1.165, 1.54) is 25.6 Å². The molecule has 2 aliphatic rings. The number of carbonyl (C=O) groups excluding carboxylic acids is 1. The van der Waals surface area contributed by atoms with Crippen LogP contribution in [0.1, 0.15) is 47.5 Å². The van der Waals surface area contributed by atoms with E-state index in [1.807, 2.05) is 48.2 Å². The zero-order valence-corrected chi connectivity index (χ0v) is 20.4. The van der Waals surface area contributed by atoms with Crippen LogP contribution in [0.4, 0.5) is 0 Å². The molecule has 0 spiro atoms. The van der Waals surface area contributed by atoms with Crippen molar-refractivity contribution in [3.05, 3.63) is 87.8 Å². The van der Waals surface area contributed by atoms with E-state index in [1.54, 1.807) is 12.3 Å². The predicted octanol–water partition coefficient (Wildman–Crippen LogP) is 6.11. The fraction of sp³-hybridized carbons (Fsp3) is 0.250. The fourth-order valence-electron chi connectivity index (χ4n) is 4.37. The summed E-state index contributed by atoms with van der Waals surface area (Å²) in [6.07, 6.45) is 8.55. The average molecular weight is 486 g/mol. The number of nitrogens with one attached hydrogen (secondary N) is 2. The number of thioether (sulfide) groups is 1. The third kappa shape index (κ3) is 4.82. The van der Waals surface area contributed by atoms with E-state index in [-0.39, 0.29) is 5.56 Å². The zero-order valence-electron chi connectivity index (χ0n) is 19.5. The molecule has 1 fully saturated rings. The molecule has 35 heavy (non-hydrogen) atoms. The number of hydrogen-bond acceptors (Lipinski definition) is 5. The fourth-order valence-corrected chi connectivity index (χ4v) is 5.05. The molecule has 3 heterocycles. The average Bonchev–Trinajstić information content (AvgIpc) is 3.58. The lowest BCUT2D eigenvalue weighted by Crippen LogP contribution is -2.26. The minimum absolute atomic E-state index is 0.0949. The molecular formula is C28H27N3O3S. The number of fused-ring (bicyclic) bond motifs is 1. The Hall–Kier alpha value is -3.58. The number of rotatable bonds is 4. The molecule has 2 N–H and O–H groups in total. The van der Waals surface area contributed by atoms with Crippen molar-refractivity contribution < 1.29 is 9.21 Å². The van der Waals surface area contributed by atoms with Crippen LogP contribution in [0.15, 0.2) is 75.5 Å². The van der Waals surface area contributed by atoms with E-state index < -0.39 is 11.5 Å². The highest BCUT2D eigenvalue weighted by atomic mass is 32.2. The monoisotopic (exact) mass is 485 g/mol. The number of carbonyl (C=O) groups is 1. The summed E-state index contributed by atoms with van der Waals surface area (Å²) in [5, 5.41) is 5.46. The summed E-state index contributed by atoms with van der Waals surface area (Å²) in [6, 6.07) is 15.4. The van der Waals surface area contributed by atoms with Gasteiger partial charge in [0.2, 0.25) is 5.89 Å². The molecule has 0 bridgehead atoms. The van der Waals surface area contributed by atoms with Gasteiger partial charge in [0, 0.05) is 23.9 Å². The van der Waals surface area contributed by atoms with E-state index in [4.69, 9.17) is 9.40 Å². The van der Waals surface area contributed by atoms with Gasteiger partial charge >= 0.3 is 0 Å². The van der Waals surface area contributed by atoms with Crippen molar-refractivity contribution in [3.63, 3.8) is 0 Å². The number of benzene rings is 2. The summed E-state index contributed by atoms with van der Waals surface area (Å²) in [5.41, 5.74) is 3.98. The first-order chi connectivity index (χ1) is 17.2. The van der Waals surface area contributed by atoms with Gasteiger partial charge in [0.1, 0.15) is 17.5 Å². The van der Waals surface area contributed by atoms with Crippen LogP contribution in [0, 0.1) is 0 Å². The van der Waals surface area contributed by atoms with Crippen molar-refractivity contribution >= 4 is 28.6 Å². The number of allylic oxidation sites excluding steroid dienone is 1. The molecule has 0 saturated heterocycles. The molecular weight excluding hydrogens is 458 g/mol. The largest absolute Gasteiger partial charge is 0.444 e. The number of aromatic amines is 1. The van der Waals surface area contributed by atoms with Crippen LogP contribution in [0.3, 0.4) is 0 Å². The van der Waals surface area contributed by atoms with Gasteiger partial charge in [-0.05, 0) is 59.7 Å². The van der Waals surface area contributed by atoms with Gasteiger partial charge < -0.3 is 14.7 Å². The van der Waals surface area contributed by atoms with Crippen LogP contribution in [0.5, 0.6) is 0 Å². The normalized spacial score (nSPS) is 14.9. The SMILES string of the molecule is C1=CSCC1.CNC(=O)c1cc2ccc(C3CCC3)c(-c3coc(-c4ccccc4)n3)c2[nH]c1=O. The lowest BCUT2D eigenvalue weighted by atomic mass is 9.77. The van der Waals surface area contributed by atoms with Gasteiger partial charge in [-0.15, -0.1) is 11.8 Å². The Bertz CT molecular complexity index is 1430. The van der Waals surface area contributed by atoms with Gasteiger partial charge in [-0.2, -0.15) is 0 Å².